The molecule has 0 unspecified atom stereocenters. The van der Waals surface area contributed by atoms with E-state index in [9.17, 15) is 9.90 Å². The fourth-order valence-corrected chi connectivity index (χ4v) is 3.50. The summed E-state index contributed by atoms with van der Waals surface area (Å²) < 4.78 is 0. The van der Waals surface area contributed by atoms with Gasteiger partial charge in [0.15, 0.2) is 0 Å². The molecule has 0 radical (unpaired) electrons. The number of rotatable bonds is 4. The van der Waals surface area contributed by atoms with E-state index in [2.05, 4.69) is 5.32 Å². The summed E-state index contributed by atoms with van der Waals surface area (Å²) in [6, 6.07) is 27.2. The number of phenols is 1. The lowest BCUT2D eigenvalue weighted by Gasteiger charge is -2.22. The minimum absolute atomic E-state index is 0.143. The van der Waals surface area contributed by atoms with Crippen molar-refractivity contribution in [2.75, 3.05) is 0 Å². The molecule has 4 heteroatoms. The van der Waals surface area contributed by atoms with Crippen molar-refractivity contribution in [1.82, 2.24) is 5.32 Å². The van der Waals surface area contributed by atoms with E-state index in [1.54, 1.807) is 30.3 Å². The average Bonchev–Trinajstić information content (AvgIpc) is 2.73. The van der Waals surface area contributed by atoms with Crippen LogP contribution >= 0.6 is 11.6 Å². The van der Waals surface area contributed by atoms with Crippen LogP contribution in [0.3, 0.4) is 0 Å². The van der Waals surface area contributed by atoms with Crippen LogP contribution < -0.4 is 5.32 Å². The number of nitrogens with one attached hydrogen (secondary N) is 1. The number of halogens is 1. The molecular formula is C24H18ClNO2. The zero-order valence-electron chi connectivity index (χ0n) is 15.0. The monoisotopic (exact) mass is 387 g/mol. The van der Waals surface area contributed by atoms with Crippen molar-refractivity contribution >= 4 is 28.3 Å². The molecule has 1 atom stereocenters. The number of carbonyl (C=O) groups excluding carboxylic acids is 1. The lowest BCUT2D eigenvalue weighted by atomic mass is 9.92. The molecule has 0 saturated carbocycles. The van der Waals surface area contributed by atoms with Gasteiger partial charge in [0.05, 0.1) is 6.04 Å². The summed E-state index contributed by atoms with van der Waals surface area (Å²) in [6.07, 6.45) is 0. The Labute approximate surface area is 168 Å². The minimum atomic E-state index is -0.504. The van der Waals surface area contributed by atoms with Gasteiger partial charge in [-0.2, -0.15) is 0 Å². The van der Waals surface area contributed by atoms with Gasteiger partial charge in [0.2, 0.25) is 0 Å². The molecule has 0 aliphatic heterocycles. The molecule has 0 aromatic heterocycles. The summed E-state index contributed by atoms with van der Waals surface area (Å²) in [5, 5.41) is 16.2. The van der Waals surface area contributed by atoms with Gasteiger partial charge in [0.1, 0.15) is 5.75 Å². The molecule has 0 saturated heterocycles. The quantitative estimate of drug-likeness (QED) is 0.470. The number of amides is 1. The van der Waals surface area contributed by atoms with Gasteiger partial charge in [-0.15, -0.1) is 0 Å². The normalized spacial score (nSPS) is 11.9. The zero-order chi connectivity index (χ0) is 19.5. The molecule has 28 heavy (non-hydrogen) atoms. The highest BCUT2D eigenvalue weighted by Crippen LogP contribution is 2.36. The first-order chi connectivity index (χ1) is 13.6. The third-order valence-electron chi connectivity index (χ3n) is 4.75. The Morgan fingerprint density at radius 2 is 1.50 bits per heavy atom. The van der Waals surface area contributed by atoms with Crippen molar-refractivity contribution in [2.24, 2.45) is 0 Å². The number of fused-ring (bicyclic) bond motifs is 1. The summed E-state index contributed by atoms with van der Waals surface area (Å²) in [5.74, 6) is -0.0955. The van der Waals surface area contributed by atoms with Crippen molar-refractivity contribution in [3.63, 3.8) is 0 Å². The predicted molar refractivity (Wildman–Crippen MR) is 113 cm³/mol. The molecule has 0 heterocycles. The van der Waals surface area contributed by atoms with E-state index in [1.165, 1.54) is 0 Å². The van der Waals surface area contributed by atoms with Gasteiger partial charge in [-0.25, -0.2) is 0 Å². The fourth-order valence-electron chi connectivity index (χ4n) is 3.37. The average molecular weight is 388 g/mol. The predicted octanol–water partition coefficient (Wildman–Crippen LogP) is 5.72. The number of hydrogen-bond donors (Lipinski definition) is 2. The second-order valence-corrected chi connectivity index (χ2v) is 6.98. The van der Waals surface area contributed by atoms with Gasteiger partial charge < -0.3 is 10.4 Å². The number of phenolic OH excluding ortho intramolecular Hbond substituents is 1. The van der Waals surface area contributed by atoms with Crippen LogP contribution in [0.15, 0.2) is 91.0 Å². The maximum atomic E-state index is 12.9. The smallest absolute Gasteiger partial charge is 0.252 e. The van der Waals surface area contributed by atoms with E-state index in [0.29, 0.717) is 16.1 Å². The molecule has 1 amide bonds. The highest BCUT2D eigenvalue weighted by atomic mass is 35.5. The maximum absolute atomic E-state index is 12.9. The molecule has 3 nitrogen and oxygen atoms in total. The molecule has 4 aromatic rings. The molecule has 138 valence electrons. The van der Waals surface area contributed by atoms with Crippen LogP contribution in [-0.4, -0.2) is 11.0 Å². The topological polar surface area (TPSA) is 49.3 Å². The van der Waals surface area contributed by atoms with Gasteiger partial charge >= 0.3 is 0 Å². The third-order valence-corrected chi connectivity index (χ3v) is 5.00. The number of benzene rings is 4. The summed E-state index contributed by atoms with van der Waals surface area (Å²) in [6.45, 7) is 0. The van der Waals surface area contributed by atoms with Crippen molar-refractivity contribution in [3.05, 3.63) is 113 Å². The highest BCUT2D eigenvalue weighted by Gasteiger charge is 2.23. The van der Waals surface area contributed by atoms with E-state index >= 15 is 0 Å². The summed E-state index contributed by atoms with van der Waals surface area (Å²) >= 11 is 5.94. The Kier molecular flexibility index (Phi) is 5.00. The molecule has 4 aromatic carbocycles. The maximum Gasteiger partial charge on any atom is 0.252 e. The van der Waals surface area contributed by atoms with Crippen LogP contribution in [0.1, 0.15) is 27.5 Å². The van der Waals surface area contributed by atoms with Crippen LogP contribution in [0.25, 0.3) is 10.8 Å². The minimum Gasteiger partial charge on any atom is -0.508 e. The molecule has 0 fully saturated rings. The third kappa shape index (κ3) is 3.57. The van der Waals surface area contributed by atoms with Gasteiger partial charge in [-0.1, -0.05) is 72.3 Å². The zero-order valence-corrected chi connectivity index (χ0v) is 15.7. The molecule has 0 aliphatic rings. The Bertz CT molecular complexity index is 1120. The summed E-state index contributed by atoms with van der Waals surface area (Å²) in [5.41, 5.74) is 2.06. The van der Waals surface area contributed by atoms with E-state index < -0.39 is 6.04 Å². The van der Waals surface area contributed by atoms with Gasteiger partial charge in [0.25, 0.3) is 5.91 Å². The molecular weight excluding hydrogens is 370 g/mol. The lowest BCUT2D eigenvalue weighted by molar-refractivity contribution is 0.0943. The first kappa shape index (κ1) is 18.1. The van der Waals surface area contributed by atoms with Crippen LogP contribution in [-0.2, 0) is 0 Å². The number of carbonyl (C=O) groups is 1. The van der Waals surface area contributed by atoms with Crippen LogP contribution in [0, 0.1) is 0 Å². The van der Waals surface area contributed by atoms with E-state index in [-0.39, 0.29) is 11.7 Å². The highest BCUT2D eigenvalue weighted by molar-refractivity contribution is 6.30. The first-order valence-corrected chi connectivity index (χ1v) is 9.33. The number of hydrogen-bond acceptors (Lipinski definition) is 2. The van der Waals surface area contributed by atoms with Crippen LogP contribution in [0.2, 0.25) is 5.02 Å². The van der Waals surface area contributed by atoms with E-state index in [1.807, 2.05) is 60.7 Å². The van der Waals surface area contributed by atoms with Gasteiger partial charge in [-0.3, -0.25) is 4.79 Å². The SMILES string of the molecule is O=C(N[C@H](c1ccccc1)c1c(O)ccc2ccccc12)c1ccc(Cl)cc1. The van der Waals surface area contributed by atoms with Crippen LogP contribution in [0.4, 0.5) is 0 Å². The first-order valence-electron chi connectivity index (χ1n) is 8.95. The van der Waals surface area contributed by atoms with Crippen molar-refractivity contribution in [2.45, 2.75) is 6.04 Å². The van der Waals surface area contributed by atoms with E-state index in [4.69, 9.17) is 11.6 Å². The molecule has 4 rings (SSSR count). The number of aromatic hydroxyl groups is 1. The van der Waals surface area contributed by atoms with Crippen molar-refractivity contribution < 1.29 is 9.90 Å². The molecule has 2 N–H and O–H groups in total. The standard InChI is InChI=1S/C24H18ClNO2/c25-19-13-10-18(11-14-19)24(28)26-23(17-7-2-1-3-8-17)22-20-9-5-4-6-16(20)12-15-21(22)27/h1-15,23,27H,(H,26,28)/t23-/m1/s1. The van der Waals surface area contributed by atoms with Crippen molar-refractivity contribution in [1.29, 1.82) is 0 Å². The summed E-state index contributed by atoms with van der Waals surface area (Å²) in [7, 11) is 0. The molecule has 0 spiro atoms. The van der Waals surface area contributed by atoms with E-state index in [0.717, 1.165) is 16.3 Å². The van der Waals surface area contributed by atoms with Crippen LogP contribution in [0.5, 0.6) is 5.75 Å². The lowest BCUT2D eigenvalue weighted by Crippen LogP contribution is -2.29. The fraction of sp³-hybridized carbons (Fsp3) is 0.0417. The second kappa shape index (κ2) is 7.75. The Morgan fingerprint density at radius 1 is 0.821 bits per heavy atom. The second-order valence-electron chi connectivity index (χ2n) is 6.54. The Hall–Kier alpha value is -3.30. The van der Waals surface area contributed by atoms with Crippen molar-refractivity contribution in [3.8, 4) is 5.75 Å². The Balaban J connectivity index is 1.83. The molecule has 0 bridgehead atoms. The Morgan fingerprint density at radius 3 is 2.25 bits per heavy atom. The molecule has 0 aliphatic carbocycles. The largest absolute Gasteiger partial charge is 0.508 e. The van der Waals surface area contributed by atoms with Gasteiger partial charge in [-0.05, 0) is 46.7 Å². The van der Waals surface area contributed by atoms with Gasteiger partial charge in [0, 0.05) is 16.1 Å². The summed E-state index contributed by atoms with van der Waals surface area (Å²) in [4.78, 5) is 12.9.